The number of carbonyl (C=O) groups is 1. The molecule has 49 heavy (non-hydrogen) atoms. The number of hydrogen-bond donors (Lipinski definition) is 2. The Kier molecular flexibility index (Phi) is 9.60. The van der Waals surface area contributed by atoms with Gasteiger partial charge in [-0.2, -0.15) is 13.2 Å². The van der Waals surface area contributed by atoms with Crippen molar-refractivity contribution in [2.24, 2.45) is 5.92 Å². The number of alkyl halides is 3. The van der Waals surface area contributed by atoms with Crippen LogP contribution in [-0.2, 0) is 22.7 Å². The number of aromatic nitrogens is 4. The summed E-state index contributed by atoms with van der Waals surface area (Å²) in [5, 5.41) is 9.11. The van der Waals surface area contributed by atoms with Crippen LogP contribution in [0.4, 0.5) is 17.6 Å². The first-order valence-electron chi connectivity index (χ1n) is 15.6. The van der Waals surface area contributed by atoms with E-state index in [0.717, 1.165) is 32.0 Å². The van der Waals surface area contributed by atoms with Gasteiger partial charge in [-0.3, -0.25) is 9.48 Å². The summed E-state index contributed by atoms with van der Waals surface area (Å²) in [7, 11) is -2.62. The molecule has 0 unspecified atom stereocenters. The zero-order valence-electron chi connectivity index (χ0n) is 26.7. The fraction of sp³-hybridized carbons (Fsp3) is 0.324. The number of likely N-dealkylation sites (tertiary alicyclic amines) is 1. The second-order valence-corrected chi connectivity index (χ2v) is 13.8. The SMILES string of the molecule is COc1cccc(C(F)(F)F)c1-c1ccc(S(=O)(=O)NCCN2CCC(Cn3cc(-c4c(C(C)=O)[nH]c5ccc(F)cc45)nn3)CC2)cc1. The van der Waals surface area contributed by atoms with Crippen LogP contribution < -0.4 is 9.46 Å². The maximum absolute atomic E-state index is 14.0. The average Bonchev–Trinajstić information content (AvgIpc) is 3.69. The first-order chi connectivity index (χ1) is 23.3. The van der Waals surface area contributed by atoms with E-state index in [0.29, 0.717) is 46.9 Å². The molecule has 0 spiro atoms. The number of aromatic amines is 1. The second kappa shape index (κ2) is 13.7. The Labute approximate surface area is 280 Å². The molecule has 1 aliphatic heterocycles. The summed E-state index contributed by atoms with van der Waals surface area (Å²) >= 11 is 0. The Balaban J connectivity index is 1.02. The standard InChI is InChI=1S/C34H34F4N6O4S/c1-21(45)33-32(26-18-24(35)8-11-28(26)40-33)29-20-44(42-41-29)19-22-12-15-43(16-13-22)17-14-39-49(46,47)25-9-6-23(7-10-25)31-27(34(36,37)38)4-3-5-30(31)48-2/h3-11,18,20,22,39-40H,12-17,19H2,1-2H3. The molecule has 258 valence electrons. The average molecular weight is 699 g/mol. The van der Waals surface area contributed by atoms with Crippen molar-refractivity contribution in [3.63, 3.8) is 0 Å². The number of halogens is 4. The Morgan fingerprint density at radius 3 is 2.47 bits per heavy atom. The lowest BCUT2D eigenvalue weighted by molar-refractivity contribution is -0.137. The third-order valence-electron chi connectivity index (χ3n) is 8.78. The fourth-order valence-corrected chi connectivity index (χ4v) is 7.33. The number of fused-ring (bicyclic) bond motifs is 1. The number of Topliss-reactive ketones (excluding diaryl/α,β-unsaturated/α-hetero) is 1. The molecule has 0 atom stereocenters. The van der Waals surface area contributed by atoms with E-state index in [2.05, 4.69) is 24.9 Å². The monoisotopic (exact) mass is 698 g/mol. The van der Waals surface area contributed by atoms with Gasteiger partial charge in [0.15, 0.2) is 5.78 Å². The molecule has 10 nitrogen and oxygen atoms in total. The van der Waals surface area contributed by atoms with Crippen molar-refractivity contribution >= 4 is 26.7 Å². The number of nitrogens with one attached hydrogen (secondary N) is 2. The van der Waals surface area contributed by atoms with Crippen LogP contribution in [0.25, 0.3) is 33.3 Å². The first kappa shape index (κ1) is 34.3. The molecular formula is C34H34F4N6O4S. The van der Waals surface area contributed by atoms with Gasteiger partial charge in [-0.25, -0.2) is 17.5 Å². The van der Waals surface area contributed by atoms with E-state index in [4.69, 9.17) is 4.74 Å². The second-order valence-electron chi connectivity index (χ2n) is 12.0. The van der Waals surface area contributed by atoms with Crippen LogP contribution >= 0.6 is 0 Å². The van der Waals surface area contributed by atoms with Crippen LogP contribution in [0.2, 0.25) is 0 Å². The van der Waals surface area contributed by atoms with Crippen molar-refractivity contribution in [3.8, 4) is 28.1 Å². The molecule has 0 aliphatic carbocycles. The number of piperidine rings is 1. The van der Waals surface area contributed by atoms with E-state index < -0.39 is 27.6 Å². The van der Waals surface area contributed by atoms with Gasteiger partial charge in [-0.05, 0) is 79.9 Å². The molecule has 2 N–H and O–H groups in total. The van der Waals surface area contributed by atoms with E-state index in [9.17, 15) is 30.8 Å². The number of H-pyrrole nitrogens is 1. The highest BCUT2D eigenvalue weighted by Crippen LogP contribution is 2.42. The summed E-state index contributed by atoms with van der Waals surface area (Å²) in [6.07, 6.45) is -1.15. The van der Waals surface area contributed by atoms with E-state index in [1.54, 1.807) is 16.9 Å². The van der Waals surface area contributed by atoms with Gasteiger partial charge >= 0.3 is 6.18 Å². The zero-order chi connectivity index (χ0) is 34.9. The summed E-state index contributed by atoms with van der Waals surface area (Å²) in [4.78, 5) is 17.5. The van der Waals surface area contributed by atoms with E-state index in [-0.39, 0.29) is 34.1 Å². The molecular weight excluding hydrogens is 664 g/mol. The van der Waals surface area contributed by atoms with Crippen molar-refractivity contribution < 1.29 is 35.5 Å². The lowest BCUT2D eigenvalue weighted by atomic mass is 9.97. The van der Waals surface area contributed by atoms with Gasteiger partial charge in [0.1, 0.15) is 17.3 Å². The molecule has 1 aliphatic rings. The number of ether oxygens (including phenoxy) is 1. The van der Waals surface area contributed by atoms with Crippen molar-refractivity contribution in [1.29, 1.82) is 0 Å². The Bertz CT molecular complexity index is 2090. The highest BCUT2D eigenvalue weighted by atomic mass is 32.2. The number of rotatable bonds is 11. The number of nitrogens with zero attached hydrogens (tertiary/aromatic N) is 4. The van der Waals surface area contributed by atoms with Crippen LogP contribution in [0, 0.1) is 11.7 Å². The molecule has 0 radical (unpaired) electrons. The molecule has 3 aromatic carbocycles. The van der Waals surface area contributed by atoms with Crippen LogP contribution in [0.1, 0.15) is 35.8 Å². The minimum Gasteiger partial charge on any atom is -0.496 e. The number of methoxy groups -OCH3 is 1. The normalized spacial score (nSPS) is 14.8. The molecule has 2 aromatic heterocycles. The van der Waals surface area contributed by atoms with Crippen LogP contribution in [0.5, 0.6) is 5.75 Å². The highest BCUT2D eigenvalue weighted by molar-refractivity contribution is 7.89. The van der Waals surface area contributed by atoms with Gasteiger partial charge in [0, 0.05) is 48.6 Å². The van der Waals surface area contributed by atoms with Crippen molar-refractivity contribution in [2.75, 3.05) is 33.3 Å². The number of benzene rings is 3. The number of ketones is 1. The molecule has 1 fully saturated rings. The zero-order valence-corrected chi connectivity index (χ0v) is 27.5. The molecule has 0 bridgehead atoms. The summed E-state index contributed by atoms with van der Waals surface area (Å²) in [6.45, 7) is 4.19. The number of hydrogen-bond acceptors (Lipinski definition) is 7. The van der Waals surface area contributed by atoms with Gasteiger partial charge in [-0.1, -0.05) is 23.4 Å². The minimum atomic E-state index is -4.62. The first-order valence-corrected chi connectivity index (χ1v) is 17.1. The van der Waals surface area contributed by atoms with Gasteiger partial charge < -0.3 is 14.6 Å². The lowest BCUT2D eigenvalue weighted by Gasteiger charge is -2.31. The number of carbonyl (C=O) groups excluding carboxylic acids is 1. The van der Waals surface area contributed by atoms with Gasteiger partial charge in [0.05, 0.1) is 29.5 Å². The third-order valence-corrected chi connectivity index (χ3v) is 10.3. The smallest absolute Gasteiger partial charge is 0.417 e. The van der Waals surface area contributed by atoms with Crippen molar-refractivity contribution in [2.45, 2.75) is 37.4 Å². The number of sulfonamides is 1. The predicted octanol–water partition coefficient (Wildman–Crippen LogP) is 6.15. The van der Waals surface area contributed by atoms with Crippen LogP contribution in [-0.4, -0.2) is 72.4 Å². The van der Waals surface area contributed by atoms with E-state index in [1.807, 2.05) is 0 Å². The molecule has 0 amide bonds. The van der Waals surface area contributed by atoms with Crippen LogP contribution in [0.15, 0.2) is 71.8 Å². The fourth-order valence-electron chi connectivity index (χ4n) is 6.31. The van der Waals surface area contributed by atoms with Crippen LogP contribution in [0.3, 0.4) is 0 Å². The summed E-state index contributed by atoms with van der Waals surface area (Å²) in [5.41, 5.74) is 1.14. The molecule has 5 aromatic rings. The summed E-state index contributed by atoms with van der Waals surface area (Å²) < 4.78 is 90.5. The molecule has 6 rings (SSSR count). The maximum Gasteiger partial charge on any atom is 0.417 e. The minimum absolute atomic E-state index is 0.0323. The molecule has 0 saturated carbocycles. The van der Waals surface area contributed by atoms with Gasteiger partial charge in [0.2, 0.25) is 10.0 Å². The quantitative estimate of drug-likeness (QED) is 0.125. The molecule has 15 heteroatoms. The largest absolute Gasteiger partial charge is 0.496 e. The van der Waals surface area contributed by atoms with Crippen molar-refractivity contribution in [1.82, 2.24) is 29.6 Å². The Morgan fingerprint density at radius 2 is 1.80 bits per heavy atom. The van der Waals surface area contributed by atoms with E-state index >= 15 is 0 Å². The third kappa shape index (κ3) is 7.38. The van der Waals surface area contributed by atoms with Crippen molar-refractivity contribution in [3.05, 3.63) is 83.9 Å². The van der Waals surface area contributed by atoms with E-state index in [1.165, 1.54) is 62.6 Å². The summed E-state index contributed by atoms with van der Waals surface area (Å²) in [6, 6.07) is 13.2. The van der Waals surface area contributed by atoms with Gasteiger partial charge in [-0.15, -0.1) is 5.10 Å². The predicted molar refractivity (Wildman–Crippen MR) is 175 cm³/mol. The molecule has 3 heterocycles. The Morgan fingerprint density at radius 1 is 1.06 bits per heavy atom. The highest BCUT2D eigenvalue weighted by Gasteiger charge is 2.35. The Hall–Kier alpha value is -4.60. The van der Waals surface area contributed by atoms with Gasteiger partial charge in [0.25, 0.3) is 0 Å². The summed E-state index contributed by atoms with van der Waals surface area (Å²) in [5.74, 6) is -0.278. The topological polar surface area (TPSA) is 122 Å². The lowest BCUT2D eigenvalue weighted by Crippen LogP contribution is -2.40. The molecule has 1 saturated heterocycles. The maximum atomic E-state index is 14.0.